The number of amides is 1. The first kappa shape index (κ1) is 25.1. The van der Waals surface area contributed by atoms with Crippen LogP contribution in [0.25, 0.3) is 11.0 Å². The first-order valence-corrected chi connectivity index (χ1v) is 13.2. The summed E-state index contributed by atoms with van der Waals surface area (Å²) in [5, 5.41) is 15.9. The number of hydrogen-bond donors (Lipinski definition) is 3. The van der Waals surface area contributed by atoms with Gasteiger partial charge in [0.1, 0.15) is 5.82 Å². The second-order valence-electron chi connectivity index (χ2n) is 10.0. The molecule has 1 amide bonds. The minimum atomic E-state index is -0.958. The maximum absolute atomic E-state index is 13.2. The Labute approximate surface area is 216 Å². The van der Waals surface area contributed by atoms with Crippen LogP contribution in [0.3, 0.4) is 0 Å². The van der Waals surface area contributed by atoms with E-state index in [1.807, 2.05) is 18.2 Å². The van der Waals surface area contributed by atoms with Gasteiger partial charge in [0.2, 0.25) is 5.91 Å². The number of pyridine rings is 1. The minimum Gasteiger partial charge on any atom is -0.481 e. The van der Waals surface area contributed by atoms with Gasteiger partial charge in [-0.15, -0.1) is 0 Å². The number of aromatic nitrogens is 3. The highest BCUT2D eigenvalue weighted by Crippen LogP contribution is 2.24. The van der Waals surface area contributed by atoms with Crippen LogP contribution in [0.4, 0.5) is 5.82 Å². The summed E-state index contributed by atoms with van der Waals surface area (Å²) in [4.78, 5) is 40.5. The summed E-state index contributed by atoms with van der Waals surface area (Å²) < 4.78 is 0. The molecule has 37 heavy (non-hydrogen) atoms. The topological polar surface area (TPSA) is 120 Å². The molecule has 4 heterocycles. The average Bonchev–Trinajstić information content (AvgIpc) is 2.92. The molecule has 0 spiro atoms. The number of nitrogens with zero attached hydrogens (tertiary/aromatic N) is 4. The van der Waals surface area contributed by atoms with E-state index >= 15 is 0 Å². The summed E-state index contributed by atoms with van der Waals surface area (Å²) >= 11 is 0. The third-order valence-electron chi connectivity index (χ3n) is 7.33. The molecule has 0 aliphatic carbocycles. The number of likely N-dealkylation sites (tertiary alicyclic amines) is 1. The van der Waals surface area contributed by atoms with Crippen molar-refractivity contribution in [1.29, 1.82) is 0 Å². The number of nitrogens with one attached hydrogen (secondary N) is 2. The molecular formula is C28H34N6O3. The number of carbonyl (C=O) groups is 2. The zero-order valence-corrected chi connectivity index (χ0v) is 21.0. The number of benzene rings is 1. The predicted molar refractivity (Wildman–Crippen MR) is 141 cm³/mol. The van der Waals surface area contributed by atoms with Crippen LogP contribution in [0, 0.1) is 5.92 Å². The van der Waals surface area contributed by atoms with Gasteiger partial charge in [0, 0.05) is 31.2 Å². The van der Waals surface area contributed by atoms with Gasteiger partial charge in [0.25, 0.3) is 0 Å². The maximum Gasteiger partial charge on any atom is 0.305 e. The normalized spacial score (nSPS) is 18.5. The fourth-order valence-corrected chi connectivity index (χ4v) is 5.38. The number of aryl methyl sites for hydroxylation is 2. The fraction of sp³-hybridized carbons (Fsp3) is 0.464. The van der Waals surface area contributed by atoms with Gasteiger partial charge in [0.15, 0.2) is 0 Å². The van der Waals surface area contributed by atoms with E-state index in [2.05, 4.69) is 37.6 Å². The molecule has 2 aromatic heterocycles. The van der Waals surface area contributed by atoms with E-state index in [1.54, 1.807) is 12.4 Å². The Hall–Kier alpha value is -3.59. The van der Waals surface area contributed by atoms with Crippen molar-refractivity contribution in [2.45, 2.75) is 51.0 Å². The van der Waals surface area contributed by atoms with Crippen molar-refractivity contribution in [2.75, 3.05) is 31.5 Å². The van der Waals surface area contributed by atoms with E-state index in [0.717, 1.165) is 80.8 Å². The zero-order chi connectivity index (χ0) is 25.6. The molecule has 5 rings (SSSR count). The smallest absolute Gasteiger partial charge is 0.305 e. The summed E-state index contributed by atoms with van der Waals surface area (Å²) in [6.07, 6.45) is 8.95. The molecule has 0 bridgehead atoms. The molecule has 1 aromatic carbocycles. The van der Waals surface area contributed by atoms with Crippen molar-refractivity contribution in [3.63, 3.8) is 0 Å². The Balaban J connectivity index is 1.16. The average molecular weight is 503 g/mol. The van der Waals surface area contributed by atoms with Gasteiger partial charge in [-0.2, -0.15) is 0 Å². The van der Waals surface area contributed by atoms with Crippen LogP contribution in [0.1, 0.15) is 55.0 Å². The number of carboxylic acid groups (broad SMARTS) is 1. The molecular weight excluding hydrogens is 468 g/mol. The molecule has 1 saturated heterocycles. The Kier molecular flexibility index (Phi) is 7.89. The molecule has 3 aromatic rings. The van der Waals surface area contributed by atoms with Gasteiger partial charge in [-0.1, -0.05) is 12.1 Å². The summed E-state index contributed by atoms with van der Waals surface area (Å²) in [5.74, 6) is -0.164. The molecule has 1 fully saturated rings. The second kappa shape index (κ2) is 11.6. The van der Waals surface area contributed by atoms with Gasteiger partial charge in [-0.3, -0.25) is 19.6 Å². The van der Waals surface area contributed by atoms with E-state index in [-0.39, 0.29) is 18.2 Å². The quantitative estimate of drug-likeness (QED) is 0.407. The first-order chi connectivity index (χ1) is 18.0. The molecule has 0 radical (unpaired) electrons. The van der Waals surface area contributed by atoms with Gasteiger partial charge in [0.05, 0.1) is 29.4 Å². The summed E-state index contributed by atoms with van der Waals surface area (Å²) in [6, 6.07) is 9.17. The Morgan fingerprint density at radius 1 is 1.14 bits per heavy atom. The van der Waals surface area contributed by atoms with Gasteiger partial charge in [-0.05, 0) is 80.9 Å². The number of aliphatic carboxylic acids is 1. The van der Waals surface area contributed by atoms with E-state index in [9.17, 15) is 14.7 Å². The van der Waals surface area contributed by atoms with Crippen molar-refractivity contribution in [3.8, 4) is 0 Å². The maximum atomic E-state index is 13.2. The molecule has 2 aliphatic heterocycles. The Morgan fingerprint density at radius 2 is 2.00 bits per heavy atom. The number of rotatable bonds is 9. The van der Waals surface area contributed by atoms with E-state index in [1.165, 1.54) is 5.56 Å². The molecule has 2 aliphatic rings. The Morgan fingerprint density at radius 3 is 2.86 bits per heavy atom. The summed E-state index contributed by atoms with van der Waals surface area (Å²) in [5.41, 5.74) is 4.55. The standard InChI is InChI=1S/C28H34N6O3/c35-26(36)17-24(20-8-10-23-25(16-20)30-13-12-29-23)33-28(37)21-5-2-14-34(18-21)15-3-6-22-9-7-19-4-1-11-31-27(19)32-22/h7-10,12-13,16,21,24H,1-6,11,14-15,17-18H2,(H,31,32)(H,33,37)(H,35,36)/t21-,24?/m1/s1. The van der Waals surface area contributed by atoms with Crippen molar-refractivity contribution < 1.29 is 14.7 Å². The van der Waals surface area contributed by atoms with E-state index in [0.29, 0.717) is 12.1 Å². The number of piperidine rings is 1. The van der Waals surface area contributed by atoms with Crippen molar-refractivity contribution in [2.24, 2.45) is 5.92 Å². The Bertz CT molecular complexity index is 1270. The highest BCUT2D eigenvalue weighted by Gasteiger charge is 2.28. The van der Waals surface area contributed by atoms with E-state index < -0.39 is 12.0 Å². The third kappa shape index (κ3) is 6.40. The van der Waals surface area contributed by atoms with Crippen LogP contribution in [0.5, 0.6) is 0 Å². The highest BCUT2D eigenvalue weighted by molar-refractivity contribution is 5.81. The second-order valence-corrected chi connectivity index (χ2v) is 10.0. The SMILES string of the molecule is O=C(O)CC(NC(=O)[C@@H]1CCCN(CCCc2ccc3c(n2)NCCC3)C1)c1ccc2nccnc2c1. The lowest BCUT2D eigenvalue weighted by atomic mass is 9.95. The molecule has 2 atom stereocenters. The number of fused-ring (bicyclic) bond motifs is 2. The van der Waals surface area contributed by atoms with Crippen molar-refractivity contribution in [1.82, 2.24) is 25.2 Å². The van der Waals surface area contributed by atoms with Gasteiger partial charge >= 0.3 is 5.97 Å². The van der Waals surface area contributed by atoms with Crippen LogP contribution in [-0.2, 0) is 22.4 Å². The summed E-state index contributed by atoms with van der Waals surface area (Å²) in [7, 11) is 0. The first-order valence-electron chi connectivity index (χ1n) is 13.2. The minimum absolute atomic E-state index is 0.0855. The number of carboxylic acids is 1. The van der Waals surface area contributed by atoms with Crippen LogP contribution < -0.4 is 10.6 Å². The molecule has 9 nitrogen and oxygen atoms in total. The largest absolute Gasteiger partial charge is 0.481 e. The molecule has 9 heteroatoms. The number of carbonyl (C=O) groups excluding carboxylic acids is 1. The van der Waals surface area contributed by atoms with Gasteiger partial charge in [-0.25, -0.2) is 4.98 Å². The molecule has 3 N–H and O–H groups in total. The predicted octanol–water partition coefficient (Wildman–Crippen LogP) is 3.36. The highest BCUT2D eigenvalue weighted by atomic mass is 16.4. The van der Waals surface area contributed by atoms with Crippen molar-refractivity contribution in [3.05, 3.63) is 59.5 Å². The lowest BCUT2D eigenvalue weighted by Gasteiger charge is -2.33. The third-order valence-corrected chi connectivity index (χ3v) is 7.33. The lowest BCUT2D eigenvalue weighted by molar-refractivity contribution is -0.138. The molecule has 194 valence electrons. The monoisotopic (exact) mass is 502 g/mol. The number of anilines is 1. The lowest BCUT2D eigenvalue weighted by Crippen LogP contribution is -2.44. The molecule has 0 saturated carbocycles. The zero-order valence-electron chi connectivity index (χ0n) is 21.0. The van der Waals surface area contributed by atoms with Crippen LogP contribution >= 0.6 is 0 Å². The van der Waals surface area contributed by atoms with E-state index in [4.69, 9.17) is 4.98 Å². The van der Waals surface area contributed by atoms with Crippen LogP contribution in [0.15, 0.2) is 42.7 Å². The molecule has 1 unspecified atom stereocenters. The number of hydrogen-bond acceptors (Lipinski definition) is 7. The fourth-order valence-electron chi connectivity index (χ4n) is 5.38. The van der Waals surface area contributed by atoms with Crippen LogP contribution in [-0.4, -0.2) is 63.0 Å². The summed E-state index contributed by atoms with van der Waals surface area (Å²) in [6.45, 7) is 3.57. The van der Waals surface area contributed by atoms with Crippen molar-refractivity contribution >= 4 is 28.7 Å². The van der Waals surface area contributed by atoms with Gasteiger partial charge < -0.3 is 20.6 Å². The van der Waals surface area contributed by atoms with Crippen LogP contribution in [0.2, 0.25) is 0 Å².